The molecule has 5 nitrogen and oxygen atoms in total. The number of rotatable bonds is 5. The zero-order chi connectivity index (χ0) is 19.4. The number of phenols is 1. The zero-order valence-corrected chi connectivity index (χ0v) is 14.6. The maximum atomic E-state index is 12.9. The first-order chi connectivity index (χ1) is 12.9. The third-order valence-electron chi connectivity index (χ3n) is 4.17. The standard InChI is InChI=1S/C21H18FNO4/c1-13(14-6-8-17(22)9-7-14)23-20(25)12-27-21(26)18-10-15-4-2-3-5-16(15)11-19(18)24/h2-11,13,24H,12H2,1H3,(H,23,25)/t13-/m0/s1. The Bertz CT molecular complexity index is 985. The Morgan fingerprint density at radius 1 is 1.07 bits per heavy atom. The van der Waals surface area contributed by atoms with E-state index in [1.807, 2.05) is 24.3 Å². The Labute approximate surface area is 155 Å². The SMILES string of the molecule is C[C@H](NC(=O)COC(=O)c1cc2ccccc2cc1O)c1ccc(F)cc1. The Hall–Kier alpha value is -3.41. The van der Waals surface area contributed by atoms with Crippen molar-refractivity contribution in [2.45, 2.75) is 13.0 Å². The molecule has 0 unspecified atom stereocenters. The van der Waals surface area contributed by atoms with Crippen molar-refractivity contribution in [2.75, 3.05) is 6.61 Å². The highest BCUT2D eigenvalue weighted by Gasteiger charge is 2.16. The molecule has 3 rings (SSSR count). The molecular formula is C21H18FNO4. The van der Waals surface area contributed by atoms with Gasteiger partial charge in [-0.3, -0.25) is 4.79 Å². The van der Waals surface area contributed by atoms with E-state index in [1.165, 1.54) is 24.3 Å². The van der Waals surface area contributed by atoms with Crippen LogP contribution in [0, 0.1) is 5.82 Å². The summed E-state index contributed by atoms with van der Waals surface area (Å²) in [4.78, 5) is 24.2. The number of carbonyl (C=O) groups is 2. The molecule has 3 aromatic rings. The van der Waals surface area contributed by atoms with E-state index >= 15 is 0 Å². The summed E-state index contributed by atoms with van der Waals surface area (Å²) in [7, 11) is 0. The molecule has 0 saturated carbocycles. The molecule has 0 heterocycles. The van der Waals surface area contributed by atoms with Crippen LogP contribution in [0.1, 0.15) is 28.9 Å². The summed E-state index contributed by atoms with van der Waals surface area (Å²) >= 11 is 0. The zero-order valence-electron chi connectivity index (χ0n) is 14.6. The lowest BCUT2D eigenvalue weighted by Gasteiger charge is -2.14. The van der Waals surface area contributed by atoms with E-state index in [9.17, 15) is 19.1 Å². The minimum Gasteiger partial charge on any atom is -0.507 e. The largest absolute Gasteiger partial charge is 0.507 e. The van der Waals surface area contributed by atoms with E-state index in [0.717, 1.165) is 16.3 Å². The number of aromatic hydroxyl groups is 1. The monoisotopic (exact) mass is 367 g/mol. The minimum atomic E-state index is -0.789. The van der Waals surface area contributed by atoms with Crippen molar-refractivity contribution in [1.29, 1.82) is 0 Å². The average Bonchev–Trinajstić information content (AvgIpc) is 2.66. The fraction of sp³-hybridized carbons (Fsp3) is 0.143. The van der Waals surface area contributed by atoms with Crippen LogP contribution in [0.3, 0.4) is 0 Å². The third kappa shape index (κ3) is 4.41. The van der Waals surface area contributed by atoms with Crippen molar-refractivity contribution in [3.05, 3.63) is 77.6 Å². The number of nitrogens with one attached hydrogen (secondary N) is 1. The molecule has 0 saturated heterocycles. The van der Waals surface area contributed by atoms with E-state index in [2.05, 4.69) is 5.32 Å². The third-order valence-corrected chi connectivity index (χ3v) is 4.17. The number of carbonyl (C=O) groups excluding carboxylic acids is 2. The Kier molecular flexibility index (Phi) is 5.35. The van der Waals surface area contributed by atoms with Gasteiger partial charge in [0.2, 0.25) is 0 Å². The van der Waals surface area contributed by atoms with Gasteiger partial charge in [0.1, 0.15) is 17.1 Å². The van der Waals surface area contributed by atoms with Gasteiger partial charge in [0.05, 0.1) is 6.04 Å². The molecule has 0 aliphatic heterocycles. The van der Waals surface area contributed by atoms with Crippen LogP contribution in [-0.2, 0) is 9.53 Å². The van der Waals surface area contributed by atoms with Gasteiger partial charge in [-0.05, 0) is 47.5 Å². The van der Waals surface area contributed by atoms with Crippen molar-refractivity contribution in [3.63, 3.8) is 0 Å². The van der Waals surface area contributed by atoms with E-state index < -0.39 is 18.5 Å². The van der Waals surface area contributed by atoms with Gasteiger partial charge < -0.3 is 15.2 Å². The maximum Gasteiger partial charge on any atom is 0.342 e. The molecule has 0 aliphatic carbocycles. The Morgan fingerprint density at radius 3 is 2.37 bits per heavy atom. The molecule has 0 fully saturated rings. The van der Waals surface area contributed by atoms with Gasteiger partial charge in [-0.15, -0.1) is 0 Å². The van der Waals surface area contributed by atoms with Crippen molar-refractivity contribution in [3.8, 4) is 5.75 Å². The summed E-state index contributed by atoms with van der Waals surface area (Å²) in [6, 6.07) is 15.6. The summed E-state index contributed by atoms with van der Waals surface area (Å²) in [6.07, 6.45) is 0. The van der Waals surface area contributed by atoms with Crippen molar-refractivity contribution >= 4 is 22.6 Å². The van der Waals surface area contributed by atoms with Crippen LogP contribution >= 0.6 is 0 Å². The number of phenolic OH excluding ortho intramolecular Hbond substituents is 1. The van der Waals surface area contributed by atoms with Crippen LogP contribution in [0.5, 0.6) is 5.75 Å². The molecule has 1 atom stereocenters. The number of hydrogen-bond donors (Lipinski definition) is 2. The quantitative estimate of drug-likeness (QED) is 0.674. The molecule has 0 bridgehead atoms. The lowest BCUT2D eigenvalue weighted by molar-refractivity contribution is -0.124. The molecule has 138 valence electrons. The molecule has 27 heavy (non-hydrogen) atoms. The van der Waals surface area contributed by atoms with Crippen LogP contribution in [0.2, 0.25) is 0 Å². The number of fused-ring (bicyclic) bond motifs is 1. The second kappa shape index (κ2) is 7.86. The van der Waals surface area contributed by atoms with Crippen LogP contribution in [0.15, 0.2) is 60.7 Å². The number of ether oxygens (including phenoxy) is 1. The first-order valence-electron chi connectivity index (χ1n) is 8.38. The van der Waals surface area contributed by atoms with Crippen LogP contribution in [0.25, 0.3) is 10.8 Å². The first kappa shape index (κ1) is 18.4. The van der Waals surface area contributed by atoms with E-state index in [-0.39, 0.29) is 23.2 Å². The van der Waals surface area contributed by atoms with Crippen LogP contribution in [0.4, 0.5) is 4.39 Å². The number of hydrogen-bond acceptors (Lipinski definition) is 4. The van der Waals surface area contributed by atoms with E-state index in [1.54, 1.807) is 19.1 Å². The second-order valence-electron chi connectivity index (χ2n) is 6.13. The molecule has 0 radical (unpaired) electrons. The number of halogens is 1. The molecule has 3 aromatic carbocycles. The van der Waals surface area contributed by atoms with Gasteiger partial charge in [0, 0.05) is 0 Å². The summed E-state index contributed by atoms with van der Waals surface area (Å²) in [6.45, 7) is 1.25. The lowest BCUT2D eigenvalue weighted by atomic mass is 10.1. The predicted octanol–water partition coefficient (Wildman–Crippen LogP) is 3.72. The Morgan fingerprint density at radius 2 is 1.70 bits per heavy atom. The molecule has 0 spiro atoms. The second-order valence-corrected chi connectivity index (χ2v) is 6.13. The highest BCUT2D eigenvalue weighted by molar-refractivity contribution is 5.99. The first-order valence-corrected chi connectivity index (χ1v) is 8.38. The minimum absolute atomic E-state index is 0.00640. The highest BCUT2D eigenvalue weighted by atomic mass is 19.1. The summed E-state index contributed by atoms with van der Waals surface area (Å²) < 4.78 is 18.0. The summed E-state index contributed by atoms with van der Waals surface area (Å²) in [5.41, 5.74) is 0.719. The van der Waals surface area contributed by atoms with Crippen molar-refractivity contribution < 1.29 is 23.8 Å². The van der Waals surface area contributed by atoms with Gasteiger partial charge in [-0.2, -0.15) is 0 Å². The maximum absolute atomic E-state index is 12.9. The van der Waals surface area contributed by atoms with Crippen LogP contribution < -0.4 is 5.32 Å². The lowest BCUT2D eigenvalue weighted by Crippen LogP contribution is -2.31. The Balaban J connectivity index is 1.61. The highest BCUT2D eigenvalue weighted by Crippen LogP contribution is 2.25. The molecule has 0 aliphatic rings. The van der Waals surface area contributed by atoms with Crippen LogP contribution in [-0.4, -0.2) is 23.6 Å². The van der Waals surface area contributed by atoms with E-state index in [0.29, 0.717) is 0 Å². The average molecular weight is 367 g/mol. The number of benzene rings is 3. The topological polar surface area (TPSA) is 75.6 Å². The molecule has 6 heteroatoms. The normalized spacial score (nSPS) is 11.8. The molecular weight excluding hydrogens is 349 g/mol. The molecule has 1 amide bonds. The molecule has 0 aromatic heterocycles. The van der Waals surface area contributed by atoms with Crippen molar-refractivity contribution in [2.24, 2.45) is 0 Å². The predicted molar refractivity (Wildman–Crippen MR) is 98.9 cm³/mol. The number of esters is 1. The summed E-state index contributed by atoms with van der Waals surface area (Å²) in [5.74, 6) is -1.86. The van der Waals surface area contributed by atoms with Gasteiger partial charge >= 0.3 is 5.97 Å². The fourth-order valence-corrected chi connectivity index (χ4v) is 2.72. The van der Waals surface area contributed by atoms with Gasteiger partial charge in [-0.1, -0.05) is 36.4 Å². The van der Waals surface area contributed by atoms with Gasteiger partial charge in [-0.25, -0.2) is 9.18 Å². The van der Waals surface area contributed by atoms with Crippen molar-refractivity contribution in [1.82, 2.24) is 5.32 Å². The smallest absolute Gasteiger partial charge is 0.342 e. The molecule has 2 N–H and O–H groups in total. The number of amides is 1. The van der Waals surface area contributed by atoms with Gasteiger partial charge in [0.15, 0.2) is 6.61 Å². The van der Waals surface area contributed by atoms with E-state index in [4.69, 9.17) is 4.74 Å². The van der Waals surface area contributed by atoms with Gasteiger partial charge in [0.25, 0.3) is 5.91 Å². The fourth-order valence-electron chi connectivity index (χ4n) is 2.72. The summed E-state index contributed by atoms with van der Waals surface area (Å²) in [5, 5.41) is 14.3.